The fraction of sp³-hybridized carbons (Fsp3) is 0.500. The van der Waals surface area contributed by atoms with Gasteiger partial charge in [0.25, 0.3) is 0 Å². The van der Waals surface area contributed by atoms with E-state index in [4.69, 9.17) is 5.11 Å². The third-order valence-electron chi connectivity index (χ3n) is 2.79. The van der Waals surface area contributed by atoms with Crippen molar-refractivity contribution in [3.63, 3.8) is 0 Å². The molecule has 0 radical (unpaired) electrons. The number of hydrogen-bond donors (Lipinski definition) is 1. The Morgan fingerprint density at radius 1 is 1.29 bits per heavy atom. The number of aliphatic hydroxyl groups is 1. The average Bonchev–Trinajstić information content (AvgIpc) is 2.59. The van der Waals surface area contributed by atoms with Crippen LogP contribution in [0, 0.1) is 5.92 Å². The van der Waals surface area contributed by atoms with Crippen LogP contribution in [0.2, 0.25) is 0 Å². The second-order valence-electron chi connectivity index (χ2n) is 4.23. The summed E-state index contributed by atoms with van der Waals surface area (Å²) in [6, 6.07) is 8.58. The highest BCUT2D eigenvalue weighted by atomic mass is 16.3. The van der Waals surface area contributed by atoms with E-state index in [9.17, 15) is 0 Å². The Morgan fingerprint density at radius 2 is 1.86 bits per heavy atom. The Morgan fingerprint density at radius 3 is 2.36 bits per heavy atom. The Bertz CT molecular complexity index is 286. The molecule has 1 aromatic carbocycles. The lowest BCUT2D eigenvalue weighted by Gasteiger charge is -2.18. The van der Waals surface area contributed by atoms with Crippen LogP contribution in [0.15, 0.2) is 24.3 Å². The number of hydrogen-bond acceptors (Lipinski definition) is 2. The van der Waals surface area contributed by atoms with Crippen LogP contribution in [-0.2, 0) is 13.1 Å². The first-order chi connectivity index (χ1) is 6.79. The molecule has 2 nitrogen and oxygen atoms in total. The van der Waals surface area contributed by atoms with Crippen LogP contribution < -0.4 is 0 Å². The van der Waals surface area contributed by atoms with E-state index in [2.05, 4.69) is 36.1 Å². The summed E-state index contributed by atoms with van der Waals surface area (Å²) in [5.41, 5.74) is 2.88. The molecule has 1 aromatic rings. The molecule has 1 atom stereocenters. The lowest BCUT2D eigenvalue weighted by molar-refractivity contribution is 0.173. The van der Waals surface area contributed by atoms with Gasteiger partial charge in [0.15, 0.2) is 0 Å². The molecule has 0 spiro atoms. The number of nitrogens with zero attached hydrogens (tertiary/aromatic N) is 1. The molecule has 0 saturated heterocycles. The minimum absolute atomic E-state index is 0.285. The van der Waals surface area contributed by atoms with Crippen LogP contribution in [0.5, 0.6) is 0 Å². The van der Waals surface area contributed by atoms with E-state index in [0.29, 0.717) is 5.92 Å². The van der Waals surface area contributed by atoms with Gasteiger partial charge in [0.05, 0.1) is 0 Å². The van der Waals surface area contributed by atoms with Crippen molar-refractivity contribution in [2.45, 2.75) is 20.0 Å². The standard InChI is InChI=1S/C12H17NO/c1-10(9-14)6-13-7-11-4-2-3-5-12(11)8-13/h2-5,10,14H,6-9H2,1H3. The highest BCUT2D eigenvalue weighted by Crippen LogP contribution is 2.22. The van der Waals surface area contributed by atoms with Gasteiger partial charge in [-0.2, -0.15) is 0 Å². The Kier molecular flexibility index (Phi) is 2.85. The zero-order valence-electron chi connectivity index (χ0n) is 8.61. The molecule has 76 valence electrons. The molecule has 0 fully saturated rings. The molecule has 1 heterocycles. The smallest absolute Gasteiger partial charge is 0.0468 e. The van der Waals surface area contributed by atoms with Gasteiger partial charge >= 0.3 is 0 Å². The van der Waals surface area contributed by atoms with Gasteiger partial charge in [-0.1, -0.05) is 31.2 Å². The average molecular weight is 191 g/mol. The summed E-state index contributed by atoms with van der Waals surface area (Å²) in [6.07, 6.45) is 0. The van der Waals surface area contributed by atoms with E-state index in [1.165, 1.54) is 11.1 Å². The summed E-state index contributed by atoms with van der Waals surface area (Å²) in [5.74, 6) is 0.379. The molecule has 1 aliphatic heterocycles. The Hall–Kier alpha value is -0.860. The number of aliphatic hydroxyl groups excluding tert-OH is 1. The lowest BCUT2D eigenvalue weighted by Crippen LogP contribution is -2.24. The lowest BCUT2D eigenvalue weighted by atomic mass is 10.1. The van der Waals surface area contributed by atoms with Crippen LogP contribution in [0.1, 0.15) is 18.1 Å². The third-order valence-corrected chi connectivity index (χ3v) is 2.79. The van der Waals surface area contributed by atoms with Crippen LogP contribution in [0.25, 0.3) is 0 Å². The molecule has 2 heteroatoms. The topological polar surface area (TPSA) is 23.5 Å². The van der Waals surface area contributed by atoms with Crippen molar-refractivity contribution < 1.29 is 5.11 Å². The van der Waals surface area contributed by atoms with Crippen molar-refractivity contribution >= 4 is 0 Å². The highest BCUT2D eigenvalue weighted by Gasteiger charge is 2.19. The van der Waals surface area contributed by atoms with E-state index in [-0.39, 0.29) is 6.61 Å². The maximum Gasteiger partial charge on any atom is 0.0468 e. The molecule has 1 aliphatic rings. The van der Waals surface area contributed by atoms with Gasteiger partial charge in [-0.05, 0) is 17.0 Å². The molecule has 14 heavy (non-hydrogen) atoms. The summed E-state index contributed by atoms with van der Waals surface area (Å²) in [5, 5.41) is 8.99. The van der Waals surface area contributed by atoms with Crippen molar-refractivity contribution in [1.82, 2.24) is 4.90 Å². The first-order valence-corrected chi connectivity index (χ1v) is 5.19. The van der Waals surface area contributed by atoms with E-state index in [1.807, 2.05) is 0 Å². The molecule has 1 N–H and O–H groups in total. The highest BCUT2D eigenvalue weighted by molar-refractivity contribution is 5.30. The minimum atomic E-state index is 0.285. The summed E-state index contributed by atoms with van der Waals surface area (Å²) < 4.78 is 0. The number of fused-ring (bicyclic) bond motifs is 1. The van der Waals surface area contributed by atoms with Gasteiger partial charge in [0, 0.05) is 26.2 Å². The van der Waals surface area contributed by atoms with Crippen LogP contribution >= 0.6 is 0 Å². The predicted octanol–water partition coefficient (Wildman–Crippen LogP) is 1.63. The molecule has 0 saturated carbocycles. The molecule has 2 rings (SSSR count). The summed E-state index contributed by atoms with van der Waals surface area (Å²) >= 11 is 0. The van der Waals surface area contributed by atoms with Crippen molar-refractivity contribution in [3.8, 4) is 0 Å². The number of benzene rings is 1. The predicted molar refractivity (Wildman–Crippen MR) is 56.8 cm³/mol. The van der Waals surface area contributed by atoms with Gasteiger partial charge in [-0.15, -0.1) is 0 Å². The quantitative estimate of drug-likeness (QED) is 0.785. The van der Waals surface area contributed by atoms with E-state index >= 15 is 0 Å². The fourth-order valence-electron chi connectivity index (χ4n) is 2.03. The normalized spacial score (nSPS) is 18.1. The first kappa shape index (κ1) is 9.69. The minimum Gasteiger partial charge on any atom is -0.396 e. The Balaban J connectivity index is 1.98. The number of rotatable bonds is 3. The van der Waals surface area contributed by atoms with Crippen molar-refractivity contribution in [3.05, 3.63) is 35.4 Å². The monoisotopic (exact) mass is 191 g/mol. The molecule has 0 aliphatic carbocycles. The molecular weight excluding hydrogens is 174 g/mol. The van der Waals surface area contributed by atoms with Crippen molar-refractivity contribution in [2.75, 3.05) is 13.2 Å². The maximum atomic E-state index is 8.99. The van der Waals surface area contributed by atoms with Gasteiger partial charge in [-0.3, -0.25) is 4.90 Å². The first-order valence-electron chi connectivity index (χ1n) is 5.19. The molecule has 0 amide bonds. The summed E-state index contributed by atoms with van der Waals surface area (Å²) in [6.45, 7) is 5.45. The van der Waals surface area contributed by atoms with E-state index < -0.39 is 0 Å². The van der Waals surface area contributed by atoms with Crippen molar-refractivity contribution in [2.24, 2.45) is 5.92 Å². The zero-order valence-corrected chi connectivity index (χ0v) is 8.61. The van der Waals surface area contributed by atoms with Crippen LogP contribution in [0.3, 0.4) is 0 Å². The second kappa shape index (κ2) is 4.11. The van der Waals surface area contributed by atoms with Gasteiger partial charge in [-0.25, -0.2) is 0 Å². The van der Waals surface area contributed by atoms with Gasteiger partial charge < -0.3 is 5.11 Å². The largest absolute Gasteiger partial charge is 0.396 e. The van der Waals surface area contributed by atoms with Crippen molar-refractivity contribution in [1.29, 1.82) is 0 Å². The van der Waals surface area contributed by atoms with E-state index in [1.54, 1.807) is 0 Å². The summed E-state index contributed by atoms with van der Waals surface area (Å²) in [7, 11) is 0. The molecule has 0 aromatic heterocycles. The van der Waals surface area contributed by atoms with Gasteiger partial charge in [0.2, 0.25) is 0 Å². The molecule has 0 bridgehead atoms. The fourth-order valence-corrected chi connectivity index (χ4v) is 2.03. The SMILES string of the molecule is CC(CO)CN1Cc2ccccc2C1. The second-order valence-corrected chi connectivity index (χ2v) is 4.23. The third kappa shape index (κ3) is 1.97. The molecular formula is C12H17NO. The van der Waals surface area contributed by atoms with Crippen LogP contribution in [0.4, 0.5) is 0 Å². The van der Waals surface area contributed by atoms with Crippen LogP contribution in [-0.4, -0.2) is 23.2 Å². The summed E-state index contributed by atoms with van der Waals surface area (Å²) in [4.78, 5) is 2.39. The maximum absolute atomic E-state index is 8.99. The van der Waals surface area contributed by atoms with E-state index in [0.717, 1.165) is 19.6 Å². The Labute approximate surface area is 85.2 Å². The molecule has 1 unspecified atom stereocenters. The zero-order chi connectivity index (χ0) is 9.97. The van der Waals surface area contributed by atoms with Gasteiger partial charge in [0.1, 0.15) is 0 Å².